The molecule has 0 unspecified atom stereocenters. The van der Waals surface area contributed by atoms with Crippen molar-refractivity contribution in [3.8, 4) is 0 Å². The summed E-state index contributed by atoms with van der Waals surface area (Å²) in [4.78, 5) is 24.7. The van der Waals surface area contributed by atoms with Gasteiger partial charge in [0.25, 0.3) is 0 Å². The normalized spacial score (nSPS) is 12.2. The fraction of sp³-hybridized carbons (Fsp3) is 0.231. The van der Waals surface area contributed by atoms with Crippen LogP contribution in [0, 0.1) is 0 Å². The van der Waals surface area contributed by atoms with Crippen molar-refractivity contribution in [1.82, 2.24) is 5.32 Å². The largest absolute Gasteiger partial charge is 0.480 e. The minimum Gasteiger partial charge on any atom is -0.480 e. The van der Waals surface area contributed by atoms with Crippen LogP contribution in [-0.2, 0) is 15.0 Å². The van der Waals surface area contributed by atoms with Gasteiger partial charge in [0.2, 0.25) is 5.91 Å². The average Bonchev–Trinajstić information content (AvgIpc) is 2.81. The maximum atomic E-state index is 13.8. The highest BCUT2D eigenvalue weighted by Gasteiger charge is 2.43. The van der Waals surface area contributed by atoms with Crippen LogP contribution in [-0.4, -0.2) is 29.6 Å². The molecular weight excluding hydrogens is 388 g/mol. The molecule has 3 aromatic carbocycles. The fourth-order valence-corrected chi connectivity index (χ4v) is 3.90. The van der Waals surface area contributed by atoms with Crippen LogP contribution in [0.15, 0.2) is 91.0 Å². The van der Waals surface area contributed by atoms with Crippen molar-refractivity contribution in [2.45, 2.75) is 30.7 Å². The molecular formula is C26H28N2O3. The summed E-state index contributed by atoms with van der Waals surface area (Å²) in [6, 6.07) is 28.5. The molecule has 4 N–H and O–H groups in total. The smallest absolute Gasteiger partial charge is 0.320 e. The highest BCUT2D eigenvalue weighted by molar-refractivity contribution is 5.96. The summed E-state index contributed by atoms with van der Waals surface area (Å²) in [5, 5.41) is 12.0. The fourth-order valence-electron chi connectivity index (χ4n) is 3.90. The first kappa shape index (κ1) is 22.2. The molecule has 0 aliphatic rings. The monoisotopic (exact) mass is 416 g/mol. The van der Waals surface area contributed by atoms with Crippen molar-refractivity contribution in [3.63, 3.8) is 0 Å². The summed E-state index contributed by atoms with van der Waals surface area (Å²) in [5.74, 6) is -1.11. The Kier molecular flexibility index (Phi) is 7.57. The van der Waals surface area contributed by atoms with Crippen molar-refractivity contribution < 1.29 is 14.7 Å². The first-order valence-electron chi connectivity index (χ1n) is 10.5. The van der Waals surface area contributed by atoms with Gasteiger partial charge in [-0.15, -0.1) is 0 Å². The Hall–Kier alpha value is -3.44. The third kappa shape index (κ3) is 5.01. The van der Waals surface area contributed by atoms with Crippen LogP contribution in [0.2, 0.25) is 0 Å². The maximum Gasteiger partial charge on any atom is 0.320 e. The Bertz CT molecular complexity index is 879. The molecule has 0 aliphatic carbocycles. The van der Waals surface area contributed by atoms with Crippen LogP contribution in [0.3, 0.4) is 0 Å². The minimum absolute atomic E-state index is 0.112. The number of amides is 1. The molecule has 0 aliphatic heterocycles. The van der Waals surface area contributed by atoms with Gasteiger partial charge in [0, 0.05) is 6.54 Å². The predicted octanol–water partition coefficient (Wildman–Crippen LogP) is 3.72. The lowest BCUT2D eigenvalue weighted by Crippen LogP contribution is -2.46. The maximum absolute atomic E-state index is 13.8. The Balaban J connectivity index is 1.92. The van der Waals surface area contributed by atoms with E-state index in [2.05, 4.69) is 5.32 Å². The van der Waals surface area contributed by atoms with Gasteiger partial charge in [-0.2, -0.15) is 0 Å². The molecule has 0 aromatic heterocycles. The van der Waals surface area contributed by atoms with Gasteiger partial charge in [0.1, 0.15) is 11.5 Å². The second-order valence-corrected chi connectivity index (χ2v) is 7.54. The van der Waals surface area contributed by atoms with Crippen LogP contribution < -0.4 is 11.1 Å². The van der Waals surface area contributed by atoms with Crippen molar-refractivity contribution >= 4 is 11.9 Å². The molecule has 5 nitrogen and oxygen atoms in total. The minimum atomic E-state index is -1.000. The number of nitrogens with one attached hydrogen (secondary N) is 1. The molecule has 3 aromatic rings. The van der Waals surface area contributed by atoms with E-state index in [9.17, 15) is 9.59 Å². The van der Waals surface area contributed by atoms with E-state index in [0.717, 1.165) is 16.7 Å². The second-order valence-electron chi connectivity index (χ2n) is 7.54. The van der Waals surface area contributed by atoms with Gasteiger partial charge < -0.3 is 16.2 Å². The van der Waals surface area contributed by atoms with Crippen LogP contribution in [0.1, 0.15) is 36.0 Å². The Morgan fingerprint density at radius 2 is 1.19 bits per heavy atom. The zero-order chi connectivity index (χ0) is 22.1. The van der Waals surface area contributed by atoms with Crippen LogP contribution in [0.4, 0.5) is 0 Å². The van der Waals surface area contributed by atoms with E-state index in [-0.39, 0.29) is 5.91 Å². The third-order valence-electron chi connectivity index (χ3n) is 5.51. The van der Waals surface area contributed by atoms with Crippen molar-refractivity contribution in [2.75, 3.05) is 6.54 Å². The van der Waals surface area contributed by atoms with Gasteiger partial charge in [-0.25, -0.2) is 0 Å². The number of hydrogen-bond donors (Lipinski definition) is 3. The SMILES string of the molecule is N[C@@H](CCCCNC(=O)C(c1ccccc1)(c1ccccc1)c1ccccc1)C(=O)O. The van der Waals surface area contributed by atoms with E-state index in [0.29, 0.717) is 25.8 Å². The topological polar surface area (TPSA) is 92.4 Å². The van der Waals surface area contributed by atoms with E-state index in [1.807, 2.05) is 91.0 Å². The van der Waals surface area contributed by atoms with Crippen molar-refractivity contribution in [1.29, 1.82) is 0 Å². The lowest BCUT2D eigenvalue weighted by molar-refractivity contribution is -0.138. The van der Waals surface area contributed by atoms with Crippen LogP contribution in [0.5, 0.6) is 0 Å². The molecule has 0 heterocycles. The molecule has 0 spiro atoms. The van der Waals surface area contributed by atoms with Crippen LogP contribution in [0.25, 0.3) is 0 Å². The molecule has 31 heavy (non-hydrogen) atoms. The molecule has 0 saturated carbocycles. The summed E-state index contributed by atoms with van der Waals surface area (Å²) in [6.07, 6.45) is 1.66. The number of carboxylic acid groups (broad SMARTS) is 1. The highest BCUT2D eigenvalue weighted by atomic mass is 16.4. The molecule has 0 saturated heterocycles. The van der Waals surface area contributed by atoms with Gasteiger partial charge >= 0.3 is 5.97 Å². The zero-order valence-corrected chi connectivity index (χ0v) is 17.4. The summed E-state index contributed by atoms with van der Waals surface area (Å²) in [7, 11) is 0. The number of carboxylic acids is 1. The van der Waals surface area contributed by atoms with Crippen molar-refractivity contribution in [2.24, 2.45) is 5.73 Å². The Morgan fingerprint density at radius 3 is 1.58 bits per heavy atom. The summed E-state index contributed by atoms with van der Waals surface area (Å²) < 4.78 is 0. The molecule has 1 atom stereocenters. The standard InChI is InChI=1S/C26H28N2O3/c27-23(24(29)30)18-10-11-19-28-25(31)26(20-12-4-1-5-13-20,21-14-6-2-7-15-21)22-16-8-3-9-17-22/h1-9,12-17,23H,10-11,18-19,27H2,(H,28,31)(H,29,30)/t23-/m0/s1. The van der Waals surface area contributed by atoms with Gasteiger partial charge in [0.05, 0.1) is 0 Å². The number of hydrogen-bond acceptors (Lipinski definition) is 3. The van der Waals surface area contributed by atoms with Crippen LogP contribution >= 0.6 is 0 Å². The molecule has 160 valence electrons. The predicted molar refractivity (Wildman–Crippen MR) is 122 cm³/mol. The van der Waals surface area contributed by atoms with Gasteiger partial charge in [0.15, 0.2) is 0 Å². The third-order valence-corrected chi connectivity index (χ3v) is 5.51. The molecule has 5 heteroatoms. The molecule has 1 amide bonds. The first-order valence-corrected chi connectivity index (χ1v) is 10.5. The number of benzene rings is 3. The highest BCUT2D eigenvalue weighted by Crippen LogP contribution is 2.39. The van der Waals surface area contributed by atoms with Gasteiger partial charge in [-0.3, -0.25) is 9.59 Å². The van der Waals surface area contributed by atoms with E-state index >= 15 is 0 Å². The summed E-state index contributed by atoms with van der Waals surface area (Å²) in [6.45, 7) is 0.444. The zero-order valence-electron chi connectivity index (χ0n) is 17.4. The summed E-state index contributed by atoms with van der Waals surface area (Å²) in [5.41, 5.74) is 7.23. The Labute approximate surface area is 182 Å². The van der Waals surface area contributed by atoms with Crippen molar-refractivity contribution in [3.05, 3.63) is 108 Å². The average molecular weight is 417 g/mol. The number of rotatable bonds is 10. The molecule has 3 rings (SSSR count). The van der Waals surface area contributed by atoms with Gasteiger partial charge in [-0.1, -0.05) is 91.0 Å². The molecule has 0 fully saturated rings. The van der Waals surface area contributed by atoms with E-state index in [1.165, 1.54) is 0 Å². The number of nitrogens with two attached hydrogens (primary N) is 1. The number of carbonyl (C=O) groups is 2. The quantitative estimate of drug-likeness (QED) is 0.347. The van der Waals surface area contributed by atoms with Gasteiger partial charge in [-0.05, 0) is 36.0 Å². The first-order chi connectivity index (χ1) is 15.1. The molecule has 0 radical (unpaired) electrons. The Morgan fingerprint density at radius 1 is 0.774 bits per heavy atom. The summed E-state index contributed by atoms with van der Waals surface area (Å²) >= 11 is 0. The number of aliphatic carboxylic acids is 1. The number of carbonyl (C=O) groups excluding carboxylic acids is 1. The van der Waals surface area contributed by atoms with E-state index in [1.54, 1.807) is 0 Å². The van der Waals surface area contributed by atoms with E-state index < -0.39 is 17.4 Å². The lowest BCUT2D eigenvalue weighted by atomic mass is 9.68. The molecule has 0 bridgehead atoms. The van der Waals surface area contributed by atoms with E-state index in [4.69, 9.17) is 10.8 Å². The number of unbranched alkanes of at least 4 members (excludes halogenated alkanes) is 1. The lowest BCUT2D eigenvalue weighted by Gasteiger charge is -2.34. The second kappa shape index (κ2) is 10.5.